The Bertz CT molecular complexity index is 1180. The fourth-order valence-electron chi connectivity index (χ4n) is 9.99. The molecule has 430 valence electrons. The van der Waals surface area contributed by atoms with E-state index in [4.69, 9.17) is 9.05 Å². The van der Waals surface area contributed by atoms with E-state index in [1.807, 2.05) is 27.2 Å². The zero-order valence-corrected chi connectivity index (χ0v) is 50.1. The summed E-state index contributed by atoms with van der Waals surface area (Å²) in [6.45, 7) is 4.86. The zero-order valence-electron chi connectivity index (χ0n) is 49.2. The van der Waals surface area contributed by atoms with Crippen LogP contribution in [0.5, 0.6) is 0 Å². The third kappa shape index (κ3) is 57.0. The number of unbranched alkanes of at least 4 members (excludes halogenated alkanes) is 47. The van der Waals surface area contributed by atoms with E-state index in [1.165, 1.54) is 276 Å². The van der Waals surface area contributed by atoms with Crippen molar-refractivity contribution in [3.63, 3.8) is 0 Å². The van der Waals surface area contributed by atoms with Crippen LogP contribution < -0.4 is 5.32 Å². The van der Waals surface area contributed by atoms with E-state index in [9.17, 15) is 19.4 Å². The van der Waals surface area contributed by atoms with Gasteiger partial charge in [-0.25, -0.2) is 4.57 Å². The van der Waals surface area contributed by atoms with Crippen molar-refractivity contribution in [3.05, 3.63) is 12.2 Å². The highest BCUT2D eigenvalue weighted by molar-refractivity contribution is 7.47. The summed E-state index contributed by atoms with van der Waals surface area (Å²) in [5, 5.41) is 13.9. The van der Waals surface area contributed by atoms with Crippen molar-refractivity contribution in [2.24, 2.45) is 0 Å². The van der Waals surface area contributed by atoms with E-state index in [0.29, 0.717) is 17.4 Å². The third-order valence-corrected chi connectivity index (χ3v) is 16.0. The second-order valence-corrected chi connectivity index (χ2v) is 25.0. The maximum atomic E-state index is 13.0. The topological polar surface area (TPSA) is 105 Å². The van der Waals surface area contributed by atoms with Crippen LogP contribution in [0.2, 0.25) is 0 Å². The molecule has 3 atom stereocenters. The number of quaternary nitrogens is 1. The molecule has 0 aromatic rings. The van der Waals surface area contributed by atoms with E-state index in [0.717, 1.165) is 38.5 Å². The minimum atomic E-state index is -4.34. The number of carbonyl (C=O) groups excluding carboxylic acids is 1. The van der Waals surface area contributed by atoms with Gasteiger partial charge < -0.3 is 19.8 Å². The lowest BCUT2D eigenvalue weighted by Gasteiger charge is -2.25. The monoisotopic (exact) mass is 1040 g/mol. The first-order valence-corrected chi connectivity index (χ1v) is 33.6. The first-order valence-electron chi connectivity index (χ1n) is 32.1. The molecule has 0 bridgehead atoms. The summed E-state index contributed by atoms with van der Waals surface area (Å²) in [6, 6.07) is -0.842. The fraction of sp³-hybridized carbons (Fsp3) is 0.952. The number of aliphatic hydroxyl groups excluding tert-OH is 1. The molecule has 0 radical (unpaired) electrons. The van der Waals surface area contributed by atoms with E-state index in [-0.39, 0.29) is 19.1 Å². The number of phosphoric acid groups is 1. The second-order valence-electron chi connectivity index (χ2n) is 23.5. The number of allylic oxidation sites excluding steroid dienone is 1. The Balaban J connectivity index is 3.89. The van der Waals surface area contributed by atoms with Crippen LogP contribution >= 0.6 is 7.82 Å². The number of phosphoric ester groups is 1. The molecule has 1 amide bonds. The van der Waals surface area contributed by atoms with Crippen LogP contribution in [0.25, 0.3) is 0 Å². The molecule has 3 N–H and O–H groups in total. The molecule has 0 aliphatic rings. The first-order chi connectivity index (χ1) is 35.0. The Kier molecular flexibility index (Phi) is 54.4. The molecule has 0 aromatic heterocycles. The number of amides is 1. The van der Waals surface area contributed by atoms with Crippen LogP contribution in [0.3, 0.4) is 0 Å². The summed E-state index contributed by atoms with van der Waals surface area (Å²) in [7, 11) is 1.59. The Morgan fingerprint density at radius 2 is 0.736 bits per heavy atom. The maximum Gasteiger partial charge on any atom is 0.472 e. The molecule has 0 saturated carbocycles. The summed E-state index contributed by atoms with van der Waals surface area (Å²) in [5.41, 5.74) is 0. The minimum Gasteiger partial charge on any atom is -0.387 e. The van der Waals surface area contributed by atoms with Gasteiger partial charge in [0.1, 0.15) is 13.2 Å². The van der Waals surface area contributed by atoms with Crippen molar-refractivity contribution in [3.8, 4) is 0 Å². The molecular formula is C63H128N2O6P+. The molecule has 0 spiro atoms. The van der Waals surface area contributed by atoms with Crippen molar-refractivity contribution in [1.82, 2.24) is 5.32 Å². The molecular weight excluding hydrogens is 912 g/mol. The highest BCUT2D eigenvalue weighted by atomic mass is 31.2. The number of rotatable bonds is 60. The predicted octanol–water partition coefficient (Wildman–Crippen LogP) is 19.8. The van der Waals surface area contributed by atoms with Crippen LogP contribution in [0.15, 0.2) is 12.2 Å². The minimum absolute atomic E-state index is 0.0650. The van der Waals surface area contributed by atoms with E-state index >= 15 is 0 Å². The van der Waals surface area contributed by atoms with E-state index in [2.05, 4.69) is 19.2 Å². The van der Waals surface area contributed by atoms with Gasteiger partial charge in [-0.3, -0.25) is 13.8 Å². The predicted molar refractivity (Wildman–Crippen MR) is 314 cm³/mol. The lowest BCUT2D eigenvalue weighted by molar-refractivity contribution is -0.870. The van der Waals surface area contributed by atoms with Gasteiger partial charge in [-0.15, -0.1) is 0 Å². The summed E-state index contributed by atoms with van der Waals surface area (Å²) in [4.78, 5) is 23.3. The van der Waals surface area contributed by atoms with Crippen molar-refractivity contribution < 1.29 is 32.9 Å². The van der Waals surface area contributed by atoms with Gasteiger partial charge in [-0.05, 0) is 19.3 Å². The average Bonchev–Trinajstić information content (AvgIpc) is 3.34. The van der Waals surface area contributed by atoms with Crippen LogP contribution in [0.4, 0.5) is 0 Å². The van der Waals surface area contributed by atoms with Crippen molar-refractivity contribution in [1.29, 1.82) is 0 Å². The first kappa shape index (κ1) is 71.2. The molecule has 8 nitrogen and oxygen atoms in total. The van der Waals surface area contributed by atoms with Gasteiger partial charge in [0.05, 0.1) is 39.9 Å². The number of nitrogens with one attached hydrogen (secondary N) is 1. The van der Waals surface area contributed by atoms with Crippen LogP contribution in [-0.4, -0.2) is 73.4 Å². The number of nitrogens with zero attached hydrogens (tertiary/aromatic N) is 1. The van der Waals surface area contributed by atoms with Crippen molar-refractivity contribution in [2.45, 2.75) is 347 Å². The van der Waals surface area contributed by atoms with Gasteiger partial charge in [-0.2, -0.15) is 0 Å². The molecule has 3 unspecified atom stereocenters. The lowest BCUT2D eigenvalue weighted by atomic mass is 10.0. The van der Waals surface area contributed by atoms with E-state index < -0.39 is 20.0 Å². The SMILES string of the molecule is CCCCCCCCCCCCCC/C=C/C(O)C(COP(=O)(O)OCC[N+](C)(C)C)NC(=O)CCCCCCCCCCCCCCCCCCCCCCCCCCCCCCCCCCCCCC. The fourth-order valence-corrected chi connectivity index (χ4v) is 10.7. The Hall–Kier alpha value is -0.760. The maximum absolute atomic E-state index is 13.0. The number of aliphatic hydroxyl groups is 1. The quantitative estimate of drug-likeness (QED) is 0.0243. The van der Waals surface area contributed by atoms with Crippen molar-refractivity contribution >= 4 is 13.7 Å². The molecule has 0 rings (SSSR count). The summed E-state index contributed by atoms with van der Waals surface area (Å²) in [6.07, 6.45) is 69.3. The second kappa shape index (κ2) is 55.0. The van der Waals surface area contributed by atoms with Gasteiger partial charge in [0, 0.05) is 6.42 Å². The normalized spacial score (nSPS) is 13.8. The number of hydrogen-bond donors (Lipinski definition) is 3. The van der Waals surface area contributed by atoms with Gasteiger partial charge in [0.2, 0.25) is 5.91 Å². The van der Waals surface area contributed by atoms with Gasteiger partial charge in [0.25, 0.3) is 0 Å². The Morgan fingerprint density at radius 1 is 0.458 bits per heavy atom. The molecule has 0 saturated heterocycles. The summed E-state index contributed by atoms with van der Waals surface area (Å²) < 4.78 is 23.7. The van der Waals surface area contributed by atoms with Gasteiger partial charge >= 0.3 is 7.82 Å². The summed E-state index contributed by atoms with van der Waals surface area (Å²) in [5.74, 6) is -0.170. The smallest absolute Gasteiger partial charge is 0.387 e. The van der Waals surface area contributed by atoms with Crippen molar-refractivity contribution in [2.75, 3.05) is 40.9 Å². The summed E-state index contributed by atoms with van der Waals surface area (Å²) >= 11 is 0. The molecule has 0 fully saturated rings. The standard InChI is InChI=1S/C63H127N2O6P/c1-6-8-10-12-14-16-18-20-22-23-24-25-26-27-28-29-30-31-32-33-34-35-36-37-38-39-40-41-42-43-45-47-49-51-53-55-57-63(67)64-61(60-71-72(68,69)70-59-58-65(3,4)5)62(66)56-54-52-50-48-46-44-21-19-17-15-13-11-9-7-2/h54,56,61-62,66H,6-53,55,57-60H2,1-5H3,(H-,64,67,68,69)/p+1/b56-54+. The highest BCUT2D eigenvalue weighted by Crippen LogP contribution is 2.43. The molecule has 0 heterocycles. The zero-order chi connectivity index (χ0) is 52.7. The van der Waals surface area contributed by atoms with Gasteiger partial charge in [0.15, 0.2) is 0 Å². The van der Waals surface area contributed by atoms with Gasteiger partial charge in [-0.1, -0.05) is 321 Å². The number of hydrogen-bond acceptors (Lipinski definition) is 5. The Morgan fingerprint density at radius 3 is 1.03 bits per heavy atom. The van der Waals surface area contributed by atoms with Crippen LogP contribution in [-0.2, 0) is 18.4 Å². The largest absolute Gasteiger partial charge is 0.472 e. The molecule has 0 aromatic carbocycles. The molecule has 0 aliphatic carbocycles. The van der Waals surface area contributed by atoms with Crippen LogP contribution in [0, 0.1) is 0 Å². The third-order valence-electron chi connectivity index (χ3n) is 15.0. The Labute approximate surface area is 450 Å². The average molecular weight is 1040 g/mol. The lowest BCUT2D eigenvalue weighted by Crippen LogP contribution is -2.45. The number of carbonyl (C=O) groups is 1. The molecule has 0 aliphatic heterocycles. The highest BCUT2D eigenvalue weighted by Gasteiger charge is 2.28. The number of likely N-dealkylation sites (N-methyl/N-ethyl adjacent to an activating group) is 1. The molecule has 72 heavy (non-hydrogen) atoms. The van der Waals surface area contributed by atoms with E-state index in [1.54, 1.807) is 6.08 Å². The molecule has 9 heteroatoms. The van der Waals surface area contributed by atoms with Crippen LogP contribution in [0.1, 0.15) is 335 Å².